The lowest BCUT2D eigenvalue weighted by Crippen LogP contribution is -2.08. The average molecular weight is 129 g/mol. The molecule has 0 saturated heterocycles. The van der Waals surface area contributed by atoms with Crippen molar-refractivity contribution in [2.45, 2.75) is 6.92 Å². The molecule has 3 heteroatoms. The molecule has 0 aliphatic carbocycles. The van der Waals surface area contributed by atoms with Crippen molar-refractivity contribution < 1.29 is 4.79 Å². The summed E-state index contributed by atoms with van der Waals surface area (Å²) in [7, 11) is 0. The smallest absolute Gasteiger partial charge is 0.214 e. The van der Waals surface area contributed by atoms with Crippen molar-refractivity contribution in [2.75, 3.05) is 5.88 Å². The van der Waals surface area contributed by atoms with Gasteiger partial charge in [0.1, 0.15) is 0 Å². The number of hydrogen-bond donors (Lipinski definition) is 0. The van der Waals surface area contributed by atoms with Crippen LogP contribution in [-0.2, 0) is 4.79 Å². The molecule has 0 unspecified atom stereocenters. The van der Waals surface area contributed by atoms with E-state index in [1.54, 1.807) is 16.7 Å². The molecule has 1 amide bonds. The zero-order valence-corrected chi connectivity index (χ0v) is 5.44. The van der Waals surface area contributed by atoms with Gasteiger partial charge in [-0.15, -0.1) is 11.8 Å². The summed E-state index contributed by atoms with van der Waals surface area (Å²) in [6.45, 7) is 1.99. The van der Waals surface area contributed by atoms with Crippen LogP contribution >= 0.6 is 11.8 Å². The van der Waals surface area contributed by atoms with Gasteiger partial charge < -0.3 is 4.90 Å². The summed E-state index contributed by atoms with van der Waals surface area (Å²) in [6.07, 6.45) is 2.68. The van der Waals surface area contributed by atoms with Gasteiger partial charge >= 0.3 is 0 Å². The van der Waals surface area contributed by atoms with E-state index < -0.39 is 0 Å². The zero-order chi connectivity index (χ0) is 5.98. The van der Waals surface area contributed by atoms with E-state index in [4.69, 9.17) is 0 Å². The molecule has 1 aliphatic rings. The van der Waals surface area contributed by atoms with E-state index >= 15 is 0 Å². The highest BCUT2D eigenvalue weighted by atomic mass is 32.2. The molecule has 1 rings (SSSR count). The molecule has 0 aromatic rings. The van der Waals surface area contributed by atoms with Gasteiger partial charge in [-0.3, -0.25) is 4.79 Å². The number of allylic oxidation sites excluding steroid dienone is 1. The molecule has 0 radical (unpaired) electrons. The van der Waals surface area contributed by atoms with Gasteiger partial charge in [0.2, 0.25) is 6.41 Å². The van der Waals surface area contributed by atoms with Crippen LogP contribution < -0.4 is 0 Å². The van der Waals surface area contributed by atoms with Crippen molar-refractivity contribution in [3.63, 3.8) is 0 Å². The van der Waals surface area contributed by atoms with Gasteiger partial charge in [0.15, 0.2) is 0 Å². The van der Waals surface area contributed by atoms with Gasteiger partial charge in [-0.25, -0.2) is 0 Å². The van der Waals surface area contributed by atoms with E-state index in [0.29, 0.717) is 0 Å². The summed E-state index contributed by atoms with van der Waals surface area (Å²) in [6, 6.07) is 0. The lowest BCUT2D eigenvalue weighted by atomic mass is 10.6. The lowest BCUT2D eigenvalue weighted by Gasteiger charge is -1.99. The Hall–Kier alpha value is -0.440. The summed E-state index contributed by atoms with van der Waals surface area (Å²) in [5, 5.41) is 0. The molecular formula is C5H7NOS. The summed E-state index contributed by atoms with van der Waals surface area (Å²) in [5.74, 6) is 0.787. The minimum Gasteiger partial charge on any atom is -0.311 e. The highest BCUT2D eigenvalue weighted by molar-refractivity contribution is 8.03. The highest BCUT2D eigenvalue weighted by Gasteiger charge is 2.06. The van der Waals surface area contributed by atoms with Gasteiger partial charge in [0.25, 0.3) is 0 Å². The summed E-state index contributed by atoms with van der Waals surface area (Å²) < 4.78 is 0. The fraction of sp³-hybridized carbons (Fsp3) is 0.400. The number of nitrogens with zero attached hydrogens (tertiary/aromatic N) is 1. The first-order valence-corrected chi connectivity index (χ1v) is 3.34. The van der Waals surface area contributed by atoms with E-state index in [1.165, 1.54) is 4.91 Å². The number of amides is 1. The van der Waals surface area contributed by atoms with E-state index in [2.05, 4.69) is 0 Å². The molecule has 0 fully saturated rings. The first-order chi connectivity index (χ1) is 3.83. The first-order valence-electron chi connectivity index (χ1n) is 2.35. The normalized spacial score (nSPS) is 18.6. The summed E-state index contributed by atoms with van der Waals surface area (Å²) >= 11 is 1.69. The zero-order valence-electron chi connectivity index (χ0n) is 4.63. The highest BCUT2D eigenvalue weighted by Crippen LogP contribution is 2.22. The Bertz CT molecular complexity index is 132. The third kappa shape index (κ3) is 1.04. The number of carbonyl (C=O) groups excluding carboxylic acids is 1. The Kier molecular flexibility index (Phi) is 1.58. The summed E-state index contributed by atoms with van der Waals surface area (Å²) in [5.41, 5.74) is 0. The molecule has 1 aliphatic heterocycles. The van der Waals surface area contributed by atoms with Crippen LogP contribution in [0.5, 0.6) is 0 Å². The van der Waals surface area contributed by atoms with Crippen LogP contribution in [0.15, 0.2) is 11.1 Å². The third-order valence-corrected chi connectivity index (χ3v) is 1.91. The van der Waals surface area contributed by atoms with Crippen LogP contribution in [0.3, 0.4) is 0 Å². The predicted molar refractivity (Wildman–Crippen MR) is 34.1 cm³/mol. The molecule has 0 saturated carbocycles. The van der Waals surface area contributed by atoms with Gasteiger partial charge in [-0.1, -0.05) is 0 Å². The molecule has 0 aromatic heterocycles. The van der Waals surface area contributed by atoms with Crippen molar-refractivity contribution in [3.8, 4) is 0 Å². The second-order valence-electron chi connectivity index (χ2n) is 1.63. The monoisotopic (exact) mass is 129 g/mol. The Morgan fingerprint density at radius 3 is 3.00 bits per heavy atom. The third-order valence-electron chi connectivity index (χ3n) is 0.924. The maximum absolute atomic E-state index is 10.0. The van der Waals surface area contributed by atoms with Crippen molar-refractivity contribution in [3.05, 3.63) is 11.1 Å². The summed E-state index contributed by atoms with van der Waals surface area (Å²) in [4.78, 5) is 12.9. The van der Waals surface area contributed by atoms with Crippen LogP contribution in [0.4, 0.5) is 0 Å². The molecule has 2 nitrogen and oxygen atoms in total. The first kappa shape index (κ1) is 5.69. The molecule has 0 atom stereocenters. The SMILES string of the molecule is CC1=CN(C=O)CS1. The second-order valence-corrected chi connectivity index (χ2v) is 2.82. The molecule has 0 aromatic carbocycles. The lowest BCUT2D eigenvalue weighted by molar-refractivity contribution is -0.115. The fourth-order valence-electron chi connectivity index (χ4n) is 0.545. The maximum atomic E-state index is 10.0. The van der Waals surface area contributed by atoms with Crippen LogP contribution in [-0.4, -0.2) is 17.2 Å². The van der Waals surface area contributed by atoms with E-state index in [9.17, 15) is 4.79 Å². The Labute approximate surface area is 52.5 Å². The molecule has 0 N–H and O–H groups in total. The van der Waals surface area contributed by atoms with Crippen molar-refractivity contribution in [2.24, 2.45) is 0 Å². The molecule has 44 valence electrons. The standard InChI is InChI=1S/C5H7NOS/c1-5-2-6(3-7)4-8-5/h2-3H,4H2,1H3. The minimum absolute atomic E-state index is 0.787. The molecule has 0 bridgehead atoms. The molecular weight excluding hydrogens is 122 g/mol. The van der Waals surface area contributed by atoms with E-state index in [0.717, 1.165) is 12.3 Å². The van der Waals surface area contributed by atoms with Crippen LogP contribution in [0.2, 0.25) is 0 Å². The van der Waals surface area contributed by atoms with Crippen LogP contribution in [0.1, 0.15) is 6.92 Å². The predicted octanol–water partition coefficient (Wildman–Crippen LogP) is 1.01. The number of carbonyl (C=O) groups is 1. The fourth-order valence-corrected chi connectivity index (χ4v) is 1.24. The molecule has 8 heavy (non-hydrogen) atoms. The molecule has 1 heterocycles. The Balaban J connectivity index is 2.53. The Morgan fingerprint density at radius 1 is 2.00 bits per heavy atom. The van der Waals surface area contributed by atoms with Gasteiger partial charge in [-0.2, -0.15) is 0 Å². The van der Waals surface area contributed by atoms with Gasteiger partial charge in [0.05, 0.1) is 5.88 Å². The Morgan fingerprint density at radius 2 is 2.75 bits per heavy atom. The van der Waals surface area contributed by atoms with Crippen molar-refractivity contribution in [1.82, 2.24) is 4.90 Å². The molecule has 0 spiro atoms. The number of thioether (sulfide) groups is 1. The quantitative estimate of drug-likeness (QED) is 0.492. The second kappa shape index (κ2) is 2.22. The van der Waals surface area contributed by atoms with Crippen molar-refractivity contribution in [1.29, 1.82) is 0 Å². The number of rotatable bonds is 1. The minimum atomic E-state index is 0.787. The van der Waals surface area contributed by atoms with Gasteiger partial charge in [0, 0.05) is 6.20 Å². The van der Waals surface area contributed by atoms with E-state index in [-0.39, 0.29) is 0 Å². The van der Waals surface area contributed by atoms with E-state index in [1.807, 2.05) is 13.1 Å². The van der Waals surface area contributed by atoms with Gasteiger partial charge in [-0.05, 0) is 11.8 Å². The largest absolute Gasteiger partial charge is 0.311 e. The number of hydrogen-bond acceptors (Lipinski definition) is 2. The van der Waals surface area contributed by atoms with Crippen molar-refractivity contribution >= 4 is 18.2 Å². The maximum Gasteiger partial charge on any atom is 0.214 e. The topological polar surface area (TPSA) is 20.3 Å². The van der Waals surface area contributed by atoms with Crippen LogP contribution in [0.25, 0.3) is 0 Å². The average Bonchev–Trinajstić information content (AvgIpc) is 2.14. The van der Waals surface area contributed by atoms with Crippen LogP contribution in [0, 0.1) is 0 Å².